The molecule has 1 aromatic rings. The van der Waals surface area contributed by atoms with Crippen molar-refractivity contribution < 1.29 is 9.53 Å². The Balaban J connectivity index is 2.54. The van der Waals surface area contributed by atoms with Gasteiger partial charge in [0.2, 0.25) is 5.91 Å². The fourth-order valence-corrected chi connectivity index (χ4v) is 1.37. The molecule has 0 aliphatic rings. The van der Waals surface area contributed by atoms with Crippen LogP contribution < -0.4 is 16.2 Å². The molecule has 0 saturated carbocycles. The lowest BCUT2D eigenvalue weighted by Crippen LogP contribution is -2.41. The van der Waals surface area contributed by atoms with Crippen LogP contribution in [0.2, 0.25) is 0 Å². The number of carbonyl (C=O) groups is 1. The van der Waals surface area contributed by atoms with Crippen LogP contribution in [0.4, 0.5) is 0 Å². The quantitative estimate of drug-likeness (QED) is 0.794. The highest BCUT2D eigenvalue weighted by Crippen LogP contribution is 2.19. The first-order valence-corrected chi connectivity index (χ1v) is 5.11. The average Bonchev–Trinajstić information content (AvgIpc) is 2.16. The molecule has 0 aromatic heterocycles. The van der Waals surface area contributed by atoms with Gasteiger partial charge in [0.25, 0.3) is 0 Å². The van der Waals surface area contributed by atoms with Crippen molar-refractivity contribution in [2.75, 3.05) is 6.61 Å². The smallest absolute Gasteiger partial charge is 0.237 e. The summed E-state index contributed by atoms with van der Waals surface area (Å²) in [5, 5.41) is 0. The van der Waals surface area contributed by atoms with Gasteiger partial charge in [-0.3, -0.25) is 4.79 Å². The van der Waals surface area contributed by atoms with Gasteiger partial charge in [-0.2, -0.15) is 0 Å². The van der Waals surface area contributed by atoms with E-state index in [0.29, 0.717) is 5.75 Å². The van der Waals surface area contributed by atoms with Crippen LogP contribution in [0, 0.1) is 3.57 Å². The normalized spacial score (nSPS) is 12.1. The fourth-order valence-electron chi connectivity index (χ4n) is 0.823. The maximum atomic E-state index is 10.6. The number of rotatable bonds is 4. The summed E-state index contributed by atoms with van der Waals surface area (Å²) in [6.07, 6.45) is 0. The van der Waals surface area contributed by atoms with E-state index in [-0.39, 0.29) is 6.61 Å². The van der Waals surface area contributed by atoms with Gasteiger partial charge in [0.1, 0.15) is 18.4 Å². The molecule has 76 valence electrons. The van der Waals surface area contributed by atoms with Crippen molar-refractivity contribution in [1.29, 1.82) is 0 Å². The number of amides is 1. The second-order valence-electron chi connectivity index (χ2n) is 2.75. The number of hydrogen-bond donors (Lipinski definition) is 2. The van der Waals surface area contributed by atoms with Crippen LogP contribution >= 0.6 is 22.6 Å². The molecular weight excluding hydrogens is 295 g/mol. The molecule has 14 heavy (non-hydrogen) atoms. The number of primary amides is 1. The summed E-state index contributed by atoms with van der Waals surface area (Å²) in [6, 6.07) is 6.72. The highest BCUT2D eigenvalue weighted by Gasteiger charge is 2.10. The monoisotopic (exact) mass is 306 g/mol. The van der Waals surface area contributed by atoms with Gasteiger partial charge >= 0.3 is 0 Å². The molecule has 0 heterocycles. The van der Waals surface area contributed by atoms with Crippen LogP contribution in [0.5, 0.6) is 5.75 Å². The Morgan fingerprint density at radius 1 is 1.50 bits per heavy atom. The van der Waals surface area contributed by atoms with E-state index in [4.69, 9.17) is 16.2 Å². The predicted molar refractivity (Wildman–Crippen MR) is 61.8 cm³/mol. The Labute approximate surface area is 95.7 Å². The lowest BCUT2D eigenvalue weighted by Gasteiger charge is -2.10. The van der Waals surface area contributed by atoms with Crippen LogP contribution in [-0.4, -0.2) is 18.6 Å². The van der Waals surface area contributed by atoms with E-state index in [0.717, 1.165) is 3.57 Å². The molecule has 0 bridgehead atoms. The van der Waals surface area contributed by atoms with E-state index in [1.54, 1.807) is 0 Å². The molecule has 1 rings (SSSR count). The van der Waals surface area contributed by atoms with E-state index in [1.807, 2.05) is 24.3 Å². The van der Waals surface area contributed by atoms with Crippen molar-refractivity contribution in [3.8, 4) is 5.75 Å². The zero-order valence-electron chi connectivity index (χ0n) is 7.44. The highest BCUT2D eigenvalue weighted by molar-refractivity contribution is 14.1. The SMILES string of the molecule is NC(=O)C(N)COc1ccccc1I. The first-order valence-electron chi connectivity index (χ1n) is 4.03. The Kier molecular flexibility index (Phi) is 4.15. The van der Waals surface area contributed by atoms with Crippen molar-refractivity contribution in [3.05, 3.63) is 27.8 Å². The van der Waals surface area contributed by atoms with Crippen molar-refractivity contribution in [2.24, 2.45) is 11.5 Å². The number of hydrogen-bond acceptors (Lipinski definition) is 3. The molecule has 1 aromatic carbocycles. The summed E-state index contributed by atoms with van der Waals surface area (Å²) in [4.78, 5) is 10.6. The summed E-state index contributed by atoms with van der Waals surface area (Å²) < 4.78 is 6.30. The lowest BCUT2D eigenvalue weighted by atomic mass is 10.3. The van der Waals surface area contributed by atoms with E-state index in [9.17, 15) is 4.79 Å². The Morgan fingerprint density at radius 3 is 2.71 bits per heavy atom. The predicted octanol–water partition coefficient (Wildman–Crippen LogP) is 0.483. The Morgan fingerprint density at radius 2 is 2.14 bits per heavy atom. The molecular formula is C9H11IN2O2. The van der Waals surface area contributed by atoms with E-state index >= 15 is 0 Å². The van der Waals surface area contributed by atoms with Crippen LogP contribution in [0.15, 0.2) is 24.3 Å². The van der Waals surface area contributed by atoms with Gasteiger partial charge in [0.15, 0.2) is 0 Å². The molecule has 1 amide bonds. The summed E-state index contributed by atoms with van der Waals surface area (Å²) in [5.41, 5.74) is 10.4. The van der Waals surface area contributed by atoms with Gasteiger partial charge in [-0.05, 0) is 34.7 Å². The van der Waals surface area contributed by atoms with Gasteiger partial charge in [-0.25, -0.2) is 0 Å². The topological polar surface area (TPSA) is 78.3 Å². The molecule has 0 saturated heterocycles. The standard InChI is InChI=1S/C9H11IN2O2/c10-6-3-1-2-4-8(6)14-5-7(11)9(12)13/h1-4,7H,5,11H2,(H2,12,13). The third-order valence-corrected chi connectivity index (χ3v) is 2.51. The number of halogens is 1. The number of carbonyl (C=O) groups excluding carboxylic acids is 1. The maximum absolute atomic E-state index is 10.6. The first-order chi connectivity index (χ1) is 6.61. The molecule has 0 aliphatic heterocycles. The van der Waals surface area contributed by atoms with E-state index < -0.39 is 11.9 Å². The summed E-state index contributed by atoms with van der Waals surface area (Å²) >= 11 is 2.14. The number of ether oxygens (including phenoxy) is 1. The zero-order chi connectivity index (χ0) is 10.6. The summed E-state index contributed by atoms with van der Waals surface area (Å²) in [6.45, 7) is 0.106. The van der Waals surface area contributed by atoms with E-state index in [1.165, 1.54) is 0 Å². The third-order valence-electron chi connectivity index (χ3n) is 1.62. The summed E-state index contributed by atoms with van der Waals surface area (Å²) in [7, 11) is 0. The van der Waals surface area contributed by atoms with Gasteiger partial charge in [0, 0.05) is 0 Å². The second kappa shape index (κ2) is 5.16. The van der Waals surface area contributed by atoms with Crippen molar-refractivity contribution in [3.63, 3.8) is 0 Å². The van der Waals surface area contributed by atoms with Crippen molar-refractivity contribution in [1.82, 2.24) is 0 Å². The minimum absolute atomic E-state index is 0.106. The van der Waals surface area contributed by atoms with Crippen molar-refractivity contribution in [2.45, 2.75) is 6.04 Å². The molecule has 0 spiro atoms. The third kappa shape index (κ3) is 3.15. The molecule has 1 atom stereocenters. The minimum atomic E-state index is -0.758. The lowest BCUT2D eigenvalue weighted by molar-refractivity contribution is -0.119. The Bertz CT molecular complexity index is 330. The second-order valence-corrected chi connectivity index (χ2v) is 3.91. The minimum Gasteiger partial charge on any atom is -0.490 e. The molecule has 1 unspecified atom stereocenters. The molecule has 4 N–H and O–H groups in total. The van der Waals surface area contributed by atoms with Gasteiger partial charge in [-0.1, -0.05) is 12.1 Å². The van der Waals surface area contributed by atoms with Crippen LogP contribution in [-0.2, 0) is 4.79 Å². The van der Waals surface area contributed by atoms with Gasteiger partial charge in [0.05, 0.1) is 3.57 Å². The van der Waals surface area contributed by atoms with Crippen LogP contribution in [0.1, 0.15) is 0 Å². The van der Waals surface area contributed by atoms with Gasteiger partial charge < -0.3 is 16.2 Å². The molecule has 0 aliphatic carbocycles. The number of benzene rings is 1. The van der Waals surface area contributed by atoms with E-state index in [2.05, 4.69) is 22.6 Å². The highest BCUT2D eigenvalue weighted by atomic mass is 127. The van der Waals surface area contributed by atoms with Crippen LogP contribution in [0.25, 0.3) is 0 Å². The number of para-hydroxylation sites is 1. The van der Waals surface area contributed by atoms with Gasteiger partial charge in [-0.15, -0.1) is 0 Å². The molecule has 0 fully saturated rings. The molecule has 4 nitrogen and oxygen atoms in total. The number of nitrogens with two attached hydrogens (primary N) is 2. The molecule has 0 radical (unpaired) electrons. The zero-order valence-corrected chi connectivity index (χ0v) is 9.60. The first kappa shape index (κ1) is 11.3. The average molecular weight is 306 g/mol. The maximum Gasteiger partial charge on any atom is 0.237 e. The Hall–Kier alpha value is -0.820. The largest absolute Gasteiger partial charge is 0.490 e. The van der Waals surface area contributed by atoms with Crippen molar-refractivity contribution >= 4 is 28.5 Å². The summed E-state index contributed by atoms with van der Waals surface area (Å²) in [5.74, 6) is 0.153. The fraction of sp³-hybridized carbons (Fsp3) is 0.222. The van der Waals surface area contributed by atoms with Crippen LogP contribution in [0.3, 0.4) is 0 Å². The molecule has 5 heteroatoms.